The van der Waals surface area contributed by atoms with Crippen LogP contribution in [-0.4, -0.2) is 15.2 Å². The molecule has 3 heteroatoms. The first-order chi connectivity index (χ1) is 6.29. The molecule has 1 aliphatic rings. The van der Waals surface area contributed by atoms with Crippen molar-refractivity contribution in [1.29, 1.82) is 0 Å². The Morgan fingerprint density at radius 3 is 2.69 bits per heavy atom. The molecular formula is C10H15N3. The number of H-pyrrole nitrogens is 1. The van der Waals surface area contributed by atoms with Crippen LogP contribution >= 0.6 is 0 Å². The van der Waals surface area contributed by atoms with Gasteiger partial charge in [0.1, 0.15) is 6.33 Å². The third-order valence-corrected chi connectivity index (χ3v) is 3.08. The molecule has 1 heterocycles. The first kappa shape index (κ1) is 8.48. The second-order valence-electron chi connectivity index (χ2n) is 3.77. The normalized spacial score (nSPS) is 19.5. The van der Waals surface area contributed by atoms with E-state index in [2.05, 4.69) is 29.0 Å². The van der Waals surface area contributed by atoms with Crippen LogP contribution in [0, 0.1) is 5.92 Å². The van der Waals surface area contributed by atoms with Gasteiger partial charge in [0.2, 0.25) is 0 Å². The lowest BCUT2D eigenvalue weighted by Crippen LogP contribution is -2.13. The van der Waals surface area contributed by atoms with Gasteiger partial charge in [-0.15, -0.1) is 0 Å². The van der Waals surface area contributed by atoms with Crippen LogP contribution in [0.5, 0.6) is 0 Å². The Morgan fingerprint density at radius 1 is 1.46 bits per heavy atom. The summed E-state index contributed by atoms with van der Waals surface area (Å²) in [6.07, 6.45) is 5.63. The van der Waals surface area contributed by atoms with Crippen LogP contribution in [0.2, 0.25) is 0 Å². The standard InChI is InChI=1S/C10H15N3/c1-7(9-4-3-5-9)8(2)10-11-6-12-13-10/h6,9H,3-5H2,1-2H3,(H,11,12,13). The van der Waals surface area contributed by atoms with Crippen LogP contribution in [0.15, 0.2) is 11.9 Å². The fourth-order valence-corrected chi connectivity index (χ4v) is 1.72. The Labute approximate surface area is 78.3 Å². The Kier molecular flexibility index (Phi) is 2.17. The van der Waals surface area contributed by atoms with E-state index in [4.69, 9.17) is 0 Å². The predicted molar refractivity (Wildman–Crippen MR) is 52.0 cm³/mol. The monoisotopic (exact) mass is 177 g/mol. The molecule has 0 atom stereocenters. The van der Waals surface area contributed by atoms with Gasteiger partial charge >= 0.3 is 0 Å². The van der Waals surface area contributed by atoms with Crippen LogP contribution in [0.1, 0.15) is 38.9 Å². The Balaban J connectivity index is 2.22. The molecule has 0 aliphatic heterocycles. The van der Waals surface area contributed by atoms with Crippen LogP contribution in [-0.2, 0) is 0 Å². The average Bonchev–Trinajstić information content (AvgIpc) is 2.51. The van der Waals surface area contributed by atoms with Gasteiger partial charge < -0.3 is 0 Å². The molecule has 0 spiro atoms. The Hall–Kier alpha value is -1.12. The topological polar surface area (TPSA) is 41.6 Å². The van der Waals surface area contributed by atoms with E-state index in [-0.39, 0.29) is 0 Å². The van der Waals surface area contributed by atoms with Gasteiger partial charge in [0.15, 0.2) is 5.82 Å². The van der Waals surface area contributed by atoms with Gasteiger partial charge in [-0.2, -0.15) is 5.10 Å². The first-order valence-electron chi connectivity index (χ1n) is 4.82. The summed E-state index contributed by atoms with van der Waals surface area (Å²) < 4.78 is 0. The largest absolute Gasteiger partial charge is 0.260 e. The van der Waals surface area contributed by atoms with Gasteiger partial charge in [0.25, 0.3) is 0 Å². The fraction of sp³-hybridized carbons (Fsp3) is 0.600. The summed E-state index contributed by atoms with van der Waals surface area (Å²) in [6, 6.07) is 0. The van der Waals surface area contributed by atoms with Gasteiger partial charge in [0, 0.05) is 0 Å². The smallest absolute Gasteiger partial charge is 0.151 e. The maximum absolute atomic E-state index is 4.15. The number of rotatable bonds is 2. The molecule has 1 N–H and O–H groups in total. The molecule has 2 rings (SSSR count). The number of hydrogen-bond acceptors (Lipinski definition) is 2. The molecular weight excluding hydrogens is 162 g/mol. The van der Waals surface area contributed by atoms with E-state index in [0.29, 0.717) is 0 Å². The van der Waals surface area contributed by atoms with Crippen molar-refractivity contribution in [2.75, 3.05) is 0 Å². The molecule has 0 unspecified atom stereocenters. The van der Waals surface area contributed by atoms with Crippen molar-refractivity contribution in [1.82, 2.24) is 15.2 Å². The zero-order valence-corrected chi connectivity index (χ0v) is 8.17. The highest BCUT2D eigenvalue weighted by Gasteiger charge is 2.21. The highest BCUT2D eigenvalue weighted by Crippen LogP contribution is 2.35. The van der Waals surface area contributed by atoms with Crippen molar-refractivity contribution in [3.05, 3.63) is 17.7 Å². The van der Waals surface area contributed by atoms with Crippen molar-refractivity contribution >= 4 is 5.57 Å². The van der Waals surface area contributed by atoms with E-state index in [0.717, 1.165) is 11.7 Å². The summed E-state index contributed by atoms with van der Waals surface area (Å²) in [5.74, 6) is 1.72. The van der Waals surface area contributed by atoms with E-state index in [1.165, 1.54) is 30.4 Å². The second-order valence-corrected chi connectivity index (χ2v) is 3.77. The van der Waals surface area contributed by atoms with Crippen LogP contribution in [0.4, 0.5) is 0 Å². The summed E-state index contributed by atoms with van der Waals surface area (Å²) in [4.78, 5) is 4.15. The Bertz CT molecular complexity index is 307. The van der Waals surface area contributed by atoms with Crippen molar-refractivity contribution in [2.24, 2.45) is 5.92 Å². The molecule has 0 amide bonds. The van der Waals surface area contributed by atoms with Gasteiger partial charge in [-0.3, -0.25) is 5.10 Å². The summed E-state index contributed by atoms with van der Waals surface area (Å²) in [5.41, 5.74) is 2.74. The minimum Gasteiger partial charge on any atom is -0.260 e. The van der Waals surface area contributed by atoms with Gasteiger partial charge in [-0.1, -0.05) is 12.0 Å². The molecule has 1 aromatic heterocycles. The first-order valence-corrected chi connectivity index (χ1v) is 4.82. The summed E-state index contributed by atoms with van der Waals surface area (Å²) in [5, 5.41) is 6.76. The van der Waals surface area contributed by atoms with Crippen molar-refractivity contribution in [3.63, 3.8) is 0 Å². The number of allylic oxidation sites excluding steroid dienone is 2. The number of hydrogen-bond donors (Lipinski definition) is 1. The predicted octanol–water partition coefficient (Wildman–Crippen LogP) is 2.40. The third kappa shape index (κ3) is 1.50. The maximum atomic E-state index is 4.15. The van der Waals surface area contributed by atoms with Crippen LogP contribution < -0.4 is 0 Å². The molecule has 3 nitrogen and oxygen atoms in total. The number of nitrogens with zero attached hydrogens (tertiary/aromatic N) is 2. The Morgan fingerprint density at radius 2 is 2.23 bits per heavy atom. The van der Waals surface area contributed by atoms with E-state index in [9.17, 15) is 0 Å². The second kappa shape index (κ2) is 3.32. The molecule has 13 heavy (non-hydrogen) atoms. The van der Waals surface area contributed by atoms with Crippen LogP contribution in [0.25, 0.3) is 5.57 Å². The van der Waals surface area contributed by atoms with Gasteiger partial charge in [0.05, 0.1) is 0 Å². The van der Waals surface area contributed by atoms with Crippen LogP contribution in [0.3, 0.4) is 0 Å². The van der Waals surface area contributed by atoms with Gasteiger partial charge in [-0.25, -0.2) is 4.98 Å². The number of aromatic amines is 1. The highest BCUT2D eigenvalue weighted by molar-refractivity contribution is 5.61. The van der Waals surface area contributed by atoms with Crippen molar-refractivity contribution < 1.29 is 0 Å². The summed E-state index contributed by atoms with van der Waals surface area (Å²) >= 11 is 0. The quantitative estimate of drug-likeness (QED) is 0.753. The minimum atomic E-state index is 0.796. The zero-order valence-electron chi connectivity index (χ0n) is 8.17. The molecule has 0 aromatic carbocycles. The van der Waals surface area contributed by atoms with Crippen molar-refractivity contribution in [2.45, 2.75) is 33.1 Å². The lowest BCUT2D eigenvalue weighted by molar-refractivity contribution is 0.368. The van der Waals surface area contributed by atoms with E-state index < -0.39 is 0 Å². The molecule has 0 saturated heterocycles. The molecule has 1 aliphatic carbocycles. The average molecular weight is 177 g/mol. The molecule has 1 fully saturated rings. The third-order valence-electron chi connectivity index (χ3n) is 3.08. The number of nitrogens with one attached hydrogen (secondary N) is 1. The minimum absolute atomic E-state index is 0.796. The summed E-state index contributed by atoms with van der Waals surface area (Å²) in [6.45, 7) is 4.33. The van der Waals surface area contributed by atoms with Gasteiger partial charge in [-0.05, 0) is 38.2 Å². The lowest BCUT2D eigenvalue weighted by atomic mass is 9.78. The molecule has 0 bridgehead atoms. The SMILES string of the molecule is CC(=C(C)C1CCC1)c1ncn[nH]1. The molecule has 1 aromatic rings. The number of aromatic nitrogens is 3. The van der Waals surface area contributed by atoms with Crippen molar-refractivity contribution in [3.8, 4) is 0 Å². The molecule has 0 radical (unpaired) electrons. The lowest BCUT2D eigenvalue weighted by Gasteiger charge is -2.27. The van der Waals surface area contributed by atoms with E-state index >= 15 is 0 Å². The fourth-order valence-electron chi connectivity index (χ4n) is 1.72. The summed E-state index contributed by atoms with van der Waals surface area (Å²) in [7, 11) is 0. The molecule has 70 valence electrons. The van der Waals surface area contributed by atoms with E-state index in [1.54, 1.807) is 6.33 Å². The zero-order chi connectivity index (χ0) is 9.26. The molecule has 1 saturated carbocycles. The highest BCUT2D eigenvalue weighted by atomic mass is 15.2. The maximum Gasteiger partial charge on any atom is 0.151 e. The van der Waals surface area contributed by atoms with E-state index in [1.807, 2.05) is 0 Å².